The number of halogens is 3. The van der Waals surface area contributed by atoms with Gasteiger partial charge in [-0.15, -0.1) is 0 Å². The molecule has 1 aromatic rings. The number of carbonyl (C=O) groups is 1. The average Bonchev–Trinajstić information content (AvgIpc) is 2.35. The first-order chi connectivity index (χ1) is 8.88. The summed E-state index contributed by atoms with van der Waals surface area (Å²) in [6.07, 6.45) is -4.58. The first-order valence-corrected chi connectivity index (χ1v) is 5.51. The molecule has 1 rings (SSSR count). The van der Waals surface area contributed by atoms with E-state index in [9.17, 15) is 18.0 Å². The molecule has 0 radical (unpaired) electrons. The van der Waals surface area contributed by atoms with Crippen molar-refractivity contribution < 1.29 is 27.4 Å². The molecule has 1 aromatic carbocycles. The van der Waals surface area contributed by atoms with Gasteiger partial charge in [0.25, 0.3) is 0 Å². The predicted octanol–water partition coefficient (Wildman–Crippen LogP) is 2.69. The number of rotatable bonds is 5. The first-order valence-electron chi connectivity index (χ1n) is 5.51. The van der Waals surface area contributed by atoms with Gasteiger partial charge in [-0.1, -0.05) is 0 Å². The molecule has 0 unspecified atom stereocenters. The maximum absolute atomic E-state index is 12.8. The SMILES string of the molecule is CCOCC(=O)Nc1ccc(OC)cc1C(F)(F)F. The van der Waals surface area contributed by atoms with Crippen molar-refractivity contribution in [2.24, 2.45) is 0 Å². The van der Waals surface area contributed by atoms with E-state index in [-0.39, 0.29) is 18.0 Å². The molecule has 0 fully saturated rings. The molecular weight excluding hydrogens is 263 g/mol. The summed E-state index contributed by atoms with van der Waals surface area (Å²) in [4.78, 5) is 11.4. The predicted molar refractivity (Wildman–Crippen MR) is 63.1 cm³/mol. The van der Waals surface area contributed by atoms with E-state index in [1.165, 1.54) is 13.2 Å². The number of anilines is 1. The molecule has 0 spiro atoms. The minimum absolute atomic E-state index is 0.0649. The van der Waals surface area contributed by atoms with Crippen molar-refractivity contribution in [1.82, 2.24) is 0 Å². The van der Waals surface area contributed by atoms with E-state index in [0.717, 1.165) is 12.1 Å². The minimum Gasteiger partial charge on any atom is -0.497 e. The Morgan fingerprint density at radius 1 is 1.37 bits per heavy atom. The van der Waals surface area contributed by atoms with Crippen LogP contribution in [0.15, 0.2) is 18.2 Å². The smallest absolute Gasteiger partial charge is 0.418 e. The largest absolute Gasteiger partial charge is 0.497 e. The van der Waals surface area contributed by atoms with Crippen LogP contribution in [0.25, 0.3) is 0 Å². The molecule has 0 bridgehead atoms. The van der Waals surface area contributed by atoms with Crippen LogP contribution < -0.4 is 10.1 Å². The van der Waals surface area contributed by atoms with Crippen LogP contribution in [0.4, 0.5) is 18.9 Å². The van der Waals surface area contributed by atoms with Gasteiger partial charge < -0.3 is 14.8 Å². The number of benzene rings is 1. The Labute approximate surface area is 108 Å². The lowest BCUT2D eigenvalue weighted by molar-refractivity contribution is -0.137. The third-order valence-corrected chi connectivity index (χ3v) is 2.24. The molecule has 4 nitrogen and oxygen atoms in total. The lowest BCUT2D eigenvalue weighted by Crippen LogP contribution is -2.21. The number of carbonyl (C=O) groups excluding carboxylic acids is 1. The fraction of sp³-hybridized carbons (Fsp3) is 0.417. The number of ether oxygens (including phenoxy) is 2. The second-order valence-electron chi connectivity index (χ2n) is 3.59. The first kappa shape index (κ1) is 15.3. The summed E-state index contributed by atoms with van der Waals surface area (Å²) < 4.78 is 48.0. The van der Waals surface area contributed by atoms with E-state index >= 15 is 0 Å². The summed E-state index contributed by atoms with van der Waals surface area (Å²) in [7, 11) is 1.27. The Morgan fingerprint density at radius 3 is 2.58 bits per heavy atom. The standard InChI is InChI=1S/C12H14F3NO3/c1-3-19-7-11(17)16-10-5-4-8(18-2)6-9(10)12(13,14)15/h4-6H,3,7H2,1-2H3,(H,16,17). The van der Waals surface area contributed by atoms with Gasteiger partial charge in [0.1, 0.15) is 12.4 Å². The van der Waals surface area contributed by atoms with E-state index in [2.05, 4.69) is 5.32 Å². The number of alkyl halides is 3. The van der Waals surface area contributed by atoms with Crippen LogP contribution in [-0.2, 0) is 15.7 Å². The molecule has 0 aliphatic rings. The molecule has 7 heteroatoms. The van der Waals surface area contributed by atoms with Gasteiger partial charge in [0.2, 0.25) is 5.91 Å². The second-order valence-corrected chi connectivity index (χ2v) is 3.59. The van der Waals surface area contributed by atoms with Crippen molar-refractivity contribution >= 4 is 11.6 Å². The Balaban J connectivity index is 2.96. The van der Waals surface area contributed by atoms with Gasteiger partial charge in [-0.25, -0.2) is 0 Å². The molecule has 0 aromatic heterocycles. The lowest BCUT2D eigenvalue weighted by Gasteiger charge is -2.15. The molecular formula is C12H14F3NO3. The number of nitrogens with one attached hydrogen (secondary N) is 1. The highest BCUT2D eigenvalue weighted by Gasteiger charge is 2.34. The second kappa shape index (κ2) is 6.42. The molecule has 0 aliphatic carbocycles. The Kier molecular flexibility index (Phi) is 5.17. The van der Waals surface area contributed by atoms with Crippen LogP contribution in [0, 0.1) is 0 Å². The Hall–Kier alpha value is -1.76. The van der Waals surface area contributed by atoms with Crippen LogP contribution in [0.5, 0.6) is 5.75 Å². The van der Waals surface area contributed by atoms with Gasteiger partial charge in [-0.3, -0.25) is 4.79 Å². The van der Waals surface area contributed by atoms with Gasteiger partial charge in [0, 0.05) is 6.61 Å². The molecule has 106 valence electrons. The Bertz CT molecular complexity index is 446. The fourth-order valence-corrected chi connectivity index (χ4v) is 1.37. The van der Waals surface area contributed by atoms with E-state index in [1.54, 1.807) is 6.92 Å². The van der Waals surface area contributed by atoms with Crippen LogP contribution in [0.1, 0.15) is 12.5 Å². The van der Waals surface area contributed by atoms with Crippen LogP contribution >= 0.6 is 0 Å². The monoisotopic (exact) mass is 277 g/mol. The van der Waals surface area contributed by atoms with Gasteiger partial charge in [-0.05, 0) is 25.1 Å². The van der Waals surface area contributed by atoms with E-state index in [0.29, 0.717) is 6.61 Å². The van der Waals surface area contributed by atoms with Gasteiger partial charge >= 0.3 is 6.18 Å². The van der Waals surface area contributed by atoms with Crippen molar-refractivity contribution in [3.63, 3.8) is 0 Å². The van der Waals surface area contributed by atoms with Crippen molar-refractivity contribution in [2.75, 3.05) is 25.6 Å². The maximum Gasteiger partial charge on any atom is 0.418 e. The highest BCUT2D eigenvalue weighted by molar-refractivity contribution is 5.92. The molecule has 0 saturated carbocycles. The molecule has 0 atom stereocenters. The summed E-state index contributed by atoms with van der Waals surface area (Å²) >= 11 is 0. The summed E-state index contributed by atoms with van der Waals surface area (Å²) in [6, 6.07) is 3.31. The Morgan fingerprint density at radius 2 is 2.05 bits per heavy atom. The van der Waals surface area contributed by atoms with Gasteiger partial charge in [0.05, 0.1) is 18.4 Å². The van der Waals surface area contributed by atoms with Crippen molar-refractivity contribution in [3.8, 4) is 5.75 Å². The number of hydrogen-bond donors (Lipinski definition) is 1. The van der Waals surface area contributed by atoms with Crippen molar-refractivity contribution in [3.05, 3.63) is 23.8 Å². The number of hydrogen-bond acceptors (Lipinski definition) is 3. The number of methoxy groups -OCH3 is 1. The topological polar surface area (TPSA) is 47.6 Å². The minimum atomic E-state index is -4.58. The quantitative estimate of drug-likeness (QED) is 0.900. The molecule has 0 saturated heterocycles. The van der Waals surface area contributed by atoms with E-state index in [1.807, 2.05) is 0 Å². The normalized spacial score (nSPS) is 11.2. The maximum atomic E-state index is 12.8. The van der Waals surface area contributed by atoms with Crippen molar-refractivity contribution in [2.45, 2.75) is 13.1 Å². The zero-order valence-electron chi connectivity index (χ0n) is 10.5. The summed E-state index contributed by atoms with van der Waals surface area (Å²) in [6.45, 7) is 1.70. The highest BCUT2D eigenvalue weighted by atomic mass is 19.4. The third-order valence-electron chi connectivity index (χ3n) is 2.24. The zero-order valence-corrected chi connectivity index (χ0v) is 10.5. The van der Waals surface area contributed by atoms with Crippen LogP contribution in [0.2, 0.25) is 0 Å². The summed E-state index contributed by atoms with van der Waals surface area (Å²) in [5, 5.41) is 2.16. The summed E-state index contributed by atoms with van der Waals surface area (Å²) in [5.41, 5.74) is -1.28. The van der Waals surface area contributed by atoms with Gasteiger partial charge in [0.15, 0.2) is 0 Å². The van der Waals surface area contributed by atoms with Crippen molar-refractivity contribution in [1.29, 1.82) is 0 Å². The fourth-order valence-electron chi connectivity index (χ4n) is 1.37. The van der Waals surface area contributed by atoms with Crippen LogP contribution in [0.3, 0.4) is 0 Å². The molecule has 0 heterocycles. The molecule has 19 heavy (non-hydrogen) atoms. The molecule has 1 amide bonds. The zero-order chi connectivity index (χ0) is 14.5. The highest BCUT2D eigenvalue weighted by Crippen LogP contribution is 2.37. The lowest BCUT2D eigenvalue weighted by atomic mass is 10.1. The van der Waals surface area contributed by atoms with Crippen LogP contribution in [-0.4, -0.2) is 26.2 Å². The van der Waals surface area contributed by atoms with E-state index in [4.69, 9.17) is 9.47 Å². The average molecular weight is 277 g/mol. The van der Waals surface area contributed by atoms with Gasteiger partial charge in [-0.2, -0.15) is 13.2 Å². The van der Waals surface area contributed by atoms with E-state index < -0.39 is 17.6 Å². The molecule has 1 N–H and O–H groups in total. The molecule has 0 aliphatic heterocycles. The number of amides is 1. The summed E-state index contributed by atoms with van der Waals surface area (Å²) in [5.74, 6) is -0.576. The third kappa shape index (κ3) is 4.44.